The Hall–Kier alpha value is -2.25. The van der Waals surface area contributed by atoms with Crippen LogP contribution < -0.4 is 5.32 Å². The summed E-state index contributed by atoms with van der Waals surface area (Å²) in [5.41, 5.74) is 2.79. The van der Waals surface area contributed by atoms with Crippen LogP contribution in [-0.4, -0.2) is 62.7 Å². The molecule has 0 spiro atoms. The molecule has 2 aromatic rings. The lowest BCUT2D eigenvalue weighted by atomic mass is 9.94. The predicted molar refractivity (Wildman–Crippen MR) is 110 cm³/mol. The van der Waals surface area contributed by atoms with Crippen LogP contribution in [0.5, 0.6) is 0 Å². The van der Waals surface area contributed by atoms with Crippen molar-refractivity contribution in [1.82, 2.24) is 29.9 Å². The summed E-state index contributed by atoms with van der Waals surface area (Å²) in [5, 5.41) is 12.2. The number of piperidine rings is 1. The summed E-state index contributed by atoms with van der Waals surface area (Å²) in [7, 11) is 0. The van der Waals surface area contributed by atoms with E-state index in [2.05, 4.69) is 61.1 Å². The van der Waals surface area contributed by atoms with Crippen molar-refractivity contribution in [3.05, 3.63) is 47.0 Å². The first-order valence-corrected chi connectivity index (χ1v) is 10.9. The van der Waals surface area contributed by atoms with Crippen LogP contribution in [0.2, 0.25) is 0 Å². The highest BCUT2D eigenvalue weighted by Crippen LogP contribution is 2.29. The van der Waals surface area contributed by atoms with Gasteiger partial charge in [0.15, 0.2) is 0 Å². The van der Waals surface area contributed by atoms with Crippen LogP contribution in [0.25, 0.3) is 0 Å². The van der Waals surface area contributed by atoms with Crippen molar-refractivity contribution in [3.8, 4) is 0 Å². The van der Waals surface area contributed by atoms with Gasteiger partial charge in [-0.3, -0.25) is 9.69 Å². The number of nitrogens with zero attached hydrogens (tertiary/aromatic N) is 5. The van der Waals surface area contributed by atoms with Gasteiger partial charge >= 0.3 is 0 Å². The second-order valence-corrected chi connectivity index (χ2v) is 8.57. The molecule has 1 saturated heterocycles. The lowest BCUT2D eigenvalue weighted by Gasteiger charge is -2.38. The van der Waals surface area contributed by atoms with Crippen molar-refractivity contribution in [2.45, 2.75) is 57.8 Å². The fourth-order valence-corrected chi connectivity index (χ4v) is 5.04. The largest absolute Gasteiger partial charge is 0.341 e. The summed E-state index contributed by atoms with van der Waals surface area (Å²) < 4.78 is 2.28. The zero-order valence-electron chi connectivity index (χ0n) is 17.2. The number of fused-ring (bicyclic) bond motifs is 2. The van der Waals surface area contributed by atoms with Crippen molar-refractivity contribution in [3.63, 3.8) is 0 Å². The Bertz CT molecular complexity index is 885. The quantitative estimate of drug-likeness (QED) is 0.855. The number of nitrogens with one attached hydrogen (secondary N) is 1. The van der Waals surface area contributed by atoms with Gasteiger partial charge in [-0.15, -0.1) is 10.2 Å². The highest BCUT2D eigenvalue weighted by atomic mass is 16.2. The summed E-state index contributed by atoms with van der Waals surface area (Å²) in [5.74, 6) is 2.85. The summed E-state index contributed by atoms with van der Waals surface area (Å²) in [6, 6.07) is 8.55. The van der Waals surface area contributed by atoms with E-state index >= 15 is 0 Å². The third kappa shape index (κ3) is 3.57. The molecule has 29 heavy (non-hydrogen) atoms. The molecule has 0 radical (unpaired) electrons. The van der Waals surface area contributed by atoms with Crippen LogP contribution >= 0.6 is 0 Å². The van der Waals surface area contributed by atoms with E-state index in [1.807, 2.05) is 0 Å². The average molecular weight is 395 g/mol. The van der Waals surface area contributed by atoms with Gasteiger partial charge in [0.1, 0.15) is 11.6 Å². The van der Waals surface area contributed by atoms with Crippen LogP contribution in [-0.2, 0) is 30.8 Å². The number of aromatic nitrogens is 3. The molecule has 1 aromatic heterocycles. The van der Waals surface area contributed by atoms with E-state index in [0.29, 0.717) is 5.92 Å². The van der Waals surface area contributed by atoms with Gasteiger partial charge in [-0.25, -0.2) is 0 Å². The van der Waals surface area contributed by atoms with E-state index in [1.165, 1.54) is 11.1 Å². The van der Waals surface area contributed by atoms with Gasteiger partial charge in [0.2, 0.25) is 5.91 Å². The molecule has 7 heteroatoms. The number of carbonyl (C=O) groups excluding carboxylic acids is 1. The molecule has 1 atom stereocenters. The summed E-state index contributed by atoms with van der Waals surface area (Å²) >= 11 is 0. The summed E-state index contributed by atoms with van der Waals surface area (Å²) in [6.07, 6.45) is 2.99. The van der Waals surface area contributed by atoms with Gasteiger partial charge < -0.3 is 14.8 Å². The minimum absolute atomic E-state index is 0.0631. The molecule has 0 aliphatic carbocycles. The Kier molecular flexibility index (Phi) is 5.09. The molecule has 5 rings (SSSR count). The molecular weight excluding hydrogens is 364 g/mol. The molecule has 4 heterocycles. The molecular formula is C22H30N6O. The Labute approximate surface area is 172 Å². The first-order valence-electron chi connectivity index (χ1n) is 10.9. The average Bonchev–Trinajstić information content (AvgIpc) is 3.22. The van der Waals surface area contributed by atoms with Gasteiger partial charge in [0.05, 0.1) is 12.6 Å². The van der Waals surface area contributed by atoms with Crippen LogP contribution in [0, 0.1) is 0 Å². The third-order valence-electron chi connectivity index (χ3n) is 6.89. The minimum Gasteiger partial charge on any atom is -0.341 e. The highest BCUT2D eigenvalue weighted by Gasteiger charge is 2.33. The number of hydrogen-bond acceptors (Lipinski definition) is 5. The highest BCUT2D eigenvalue weighted by molar-refractivity contribution is 5.81. The monoisotopic (exact) mass is 394 g/mol. The van der Waals surface area contributed by atoms with Crippen molar-refractivity contribution < 1.29 is 4.79 Å². The lowest BCUT2D eigenvalue weighted by molar-refractivity contribution is -0.137. The maximum absolute atomic E-state index is 13.2. The van der Waals surface area contributed by atoms with E-state index in [-0.39, 0.29) is 11.9 Å². The first-order chi connectivity index (χ1) is 14.2. The Morgan fingerprint density at radius 1 is 1.10 bits per heavy atom. The van der Waals surface area contributed by atoms with Crippen LogP contribution in [0.1, 0.15) is 48.5 Å². The van der Waals surface area contributed by atoms with Gasteiger partial charge in [-0.2, -0.15) is 0 Å². The molecule has 1 N–H and O–H groups in total. The number of benzene rings is 1. The first kappa shape index (κ1) is 18.8. The Morgan fingerprint density at radius 3 is 2.72 bits per heavy atom. The molecule has 1 fully saturated rings. The molecule has 1 amide bonds. The number of hydrogen-bond donors (Lipinski definition) is 1. The number of carbonyl (C=O) groups is 1. The standard InChI is InChI=1S/C22H30N6O/c1-16(27-12-6-17-4-2-3-5-19(17)15-27)22(29)26-10-7-18(8-11-26)21-25-24-20-14-23-9-13-28(20)21/h2-5,16,18,23H,6-15H2,1H3. The van der Waals surface area contributed by atoms with E-state index in [0.717, 1.165) is 76.7 Å². The Morgan fingerprint density at radius 2 is 1.90 bits per heavy atom. The SMILES string of the molecule is CC(C(=O)N1CCC(c2nnc3n2CCNC3)CC1)N1CCc2ccccc2C1. The number of amides is 1. The zero-order valence-corrected chi connectivity index (χ0v) is 17.2. The topological polar surface area (TPSA) is 66.3 Å². The Balaban J connectivity index is 1.20. The fourth-order valence-electron chi connectivity index (χ4n) is 5.04. The van der Waals surface area contributed by atoms with E-state index in [9.17, 15) is 4.79 Å². The van der Waals surface area contributed by atoms with Crippen molar-refractivity contribution in [2.24, 2.45) is 0 Å². The molecule has 154 valence electrons. The fraction of sp³-hybridized carbons (Fsp3) is 0.591. The predicted octanol–water partition coefficient (Wildman–Crippen LogP) is 1.53. The van der Waals surface area contributed by atoms with Crippen molar-refractivity contribution in [2.75, 3.05) is 26.2 Å². The number of rotatable bonds is 3. The molecule has 0 saturated carbocycles. The van der Waals surface area contributed by atoms with Crippen LogP contribution in [0.3, 0.4) is 0 Å². The van der Waals surface area contributed by atoms with Crippen molar-refractivity contribution in [1.29, 1.82) is 0 Å². The van der Waals surface area contributed by atoms with Crippen molar-refractivity contribution >= 4 is 5.91 Å². The van der Waals surface area contributed by atoms with E-state index in [4.69, 9.17) is 0 Å². The zero-order chi connectivity index (χ0) is 19.8. The summed E-state index contributed by atoms with van der Waals surface area (Å²) in [4.78, 5) is 17.6. The van der Waals surface area contributed by atoms with Crippen LogP contribution in [0.15, 0.2) is 24.3 Å². The van der Waals surface area contributed by atoms with Gasteiger partial charge in [-0.1, -0.05) is 24.3 Å². The second-order valence-electron chi connectivity index (χ2n) is 8.57. The molecule has 1 unspecified atom stereocenters. The minimum atomic E-state index is -0.0631. The van der Waals surface area contributed by atoms with Crippen LogP contribution in [0.4, 0.5) is 0 Å². The normalized spacial score (nSPS) is 21.5. The maximum Gasteiger partial charge on any atom is 0.239 e. The van der Waals surface area contributed by atoms with Gasteiger partial charge in [0.25, 0.3) is 0 Å². The number of likely N-dealkylation sites (tertiary alicyclic amines) is 1. The molecule has 3 aliphatic rings. The van der Waals surface area contributed by atoms with E-state index < -0.39 is 0 Å². The molecule has 7 nitrogen and oxygen atoms in total. The summed E-state index contributed by atoms with van der Waals surface area (Å²) in [6.45, 7) is 8.28. The smallest absolute Gasteiger partial charge is 0.239 e. The molecule has 3 aliphatic heterocycles. The third-order valence-corrected chi connectivity index (χ3v) is 6.89. The second kappa shape index (κ2) is 7.88. The molecule has 1 aromatic carbocycles. The van der Waals surface area contributed by atoms with E-state index in [1.54, 1.807) is 0 Å². The lowest BCUT2D eigenvalue weighted by Crippen LogP contribution is -2.50. The van der Waals surface area contributed by atoms with Gasteiger partial charge in [0, 0.05) is 45.2 Å². The van der Waals surface area contributed by atoms with Gasteiger partial charge in [-0.05, 0) is 37.3 Å². The molecule has 0 bridgehead atoms. The maximum atomic E-state index is 13.2.